The van der Waals surface area contributed by atoms with E-state index in [-0.39, 0.29) is 17.2 Å². The predicted octanol–water partition coefficient (Wildman–Crippen LogP) is 2.82. The predicted molar refractivity (Wildman–Crippen MR) is 95.8 cm³/mol. The summed E-state index contributed by atoms with van der Waals surface area (Å²) >= 11 is 0. The summed E-state index contributed by atoms with van der Waals surface area (Å²) in [6, 6.07) is 13.5. The minimum absolute atomic E-state index is 0.173. The van der Waals surface area contributed by atoms with Crippen molar-refractivity contribution in [2.45, 2.75) is 19.9 Å². The zero-order valence-corrected chi connectivity index (χ0v) is 14.9. The van der Waals surface area contributed by atoms with Gasteiger partial charge in [0.2, 0.25) is 0 Å². The average Bonchev–Trinajstić information content (AvgIpc) is 2.66. The van der Waals surface area contributed by atoms with Crippen LogP contribution in [0.1, 0.15) is 44.8 Å². The monoisotopic (exact) mass is 355 g/mol. The molecule has 2 aromatic carbocycles. The van der Waals surface area contributed by atoms with E-state index in [0.29, 0.717) is 0 Å². The van der Waals surface area contributed by atoms with E-state index in [1.807, 2.05) is 38.1 Å². The second-order valence-electron chi connectivity index (χ2n) is 5.85. The number of nitrogens with one attached hydrogen (secondary N) is 1. The van der Waals surface area contributed by atoms with Crippen molar-refractivity contribution in [3.63, 3.8) is 0 Å². The van der Waals surface area contributed by atoms with Crippen molar-refractivity contribution in [1.29, 1.82) is 0 Å². The van der Waals surface area contributed by atoms with Gasteiger partial charge in [0.15, 0.2) is 6.61 Å². The Kier molecular flexibility index (Phi) is 6.49. The van der Waals surface area contributed by atoms with Gasteiger partial charge in [-0.25, -0.2) is 9.59 Å². The lowest BCUT2D eigenvalue weighted by molar-refractivity contribution is -0.124. The standard InChI is InChI=1S/C20H21NO5/c1-13-7-9-15(10-8-13)14(2)21-18(22)12-26-20(24)17-6-4-5-16(11-17)19(23)25-3/h4-11,14H,12H2,1-3H3,(H,21,22)/t14-/m0/s1. The summed E-state index contributed by atoms with van der Waals surface area (Å²) in [5.41, 5.74) is 2.50. The Morgan fingerprint density at radius 1 is 1.00 bits per heavy atom. The number of hydrogen-bond acceptors (Lipinski definition) is 5. The molecule has 0 radical (unpaired) electrons. The third kappa shape index (κ3) is 5.17. The van der Waals surface area contributed by atoms with E-state index >= 15 is 0 Å². The first-order chi connectivity index (χ1) is 12.4. The van der Waals surface area contributed by atoms with Crippen LogP contribution in [0.4, 0.5) is 0 Å². The molecule has 0 heterocycles. The second kappa shape index (κ2) is 8.80. The molecule has 0 aromatic heterocycles. The molecule has 6 nitrogen and oxygen atoms in total. The van der Waals surface area contributed by atoms with Crippen molar-refractivity contribution in [2.75, 3.05) is 13.7 Å². The molecule has 0 fully saturated rings. The Balaban J connectivity index is 1.89. The van der Waals surface area contributed by atoms with Gasteiger partial charge in [0, 0.05) is 0 Å². The summed E-state index contributed by atoms with van der Waals surface area (Å²) in [4.78, 5) is 35.5. The molecule has 0 spiro atoms. The largest absolute Gasteiger partial charge is 0.465 e. The number of ether oxygens (including phenoxy) is 2. The maximum absolute atomic E-state index is 12.1. The van der Waals surface area contributed by atoms with Crippen LogP contribution in [-0.4, -0.2) is 31.6 Å². The molecule has 1 amide bonds. The molecule has 0 unspecified atom stereocenters. The molecular formula is C20H21NO5. The van der Waals surface area contributed by atoms with Gasteiger partial charge in [-0.3, -0.25) is 4.79 Å². The van der Waals surface area contributed by atoms with Crippen LogP contribution in [0.5, 0.6) is 0 Å². The molecule has 0 aliphatic heterocycles. The molecule has 0 bridgehead atoms. The highest BCUT2D eigenvalue weighted by Crippen LogP contribution is 2.13. The van der Waals surface area contributed by atoms with Crippen molar-refractivity contribution >= 4 is 17.8 Å². The Morgan fingerprint density at radius 2 is 1.62 bits per heavy atom. The third-order valence-corrected chi connectivity index (χ3v) is 3.81. The molecule has 136 valence electrons. The smallest absolute Gasteiger partial charge is 0.338 e. The highest BCUT2D eigenvalue weighted by atomic mass is 16.5. The normalized spacial score (nSPS) is 11.3. The van der Waals surface area contributed by atoms with E-state index in [9.17, 15) is 14.4 Å². The van der Waals surface area contributed by atoms with Gasteiger partial charge < -0.3 is 14.8 Å². The second-order valence-corrected chi connectivity index (χ2v) is 5.85. The highest BCUT2D eigenvalue weighted by molar-refractivity contribution is 5.96. The molecule has 0 saturated carbocycles. The van der Waals surface area contributed by atoms with Gasteiger partial charge in [0.05, 0.1) is 24.3 Å². The van der Waals surface area contributed by atoms with Crippen molar-refractivity contribution in [3.05, 3.63) is 70.8 Å². The van der Waals surface area contributed by atoms with Gasteiger partial charge in [-0.15, -0.1) is 0 Å². The SMILES string of the molecule is COC(=O)c1cccc(C(=O)OCC(=O)N[C@@H](C)c2ccc(C)cc2)c1. The van der Waals surface area contributed by atoms with Crippen LogP contribution in [0, 0.1) is 6.92 Å². The minimum atomic E-state index is -0.686. The summed E-state index contributed by atoms with van der Waals surface area (Å²) in [6.45, 7) is 3.43. The fraction of sp³-hybridized carbons (Fsp3) is 0.250. The quantitative estimate of drug-likeness (QED) is 0.806. The van der Waals surface area contributed by atoms with E-state index in [1.165, 1.54) is 25.3 Å². The summed E-state index contributed by atoms with van der Waals surface area (Å²) in [6.07, 6.45) is 0. The zero-order chi connectivity index (χ0) is 19.1. The maximum atomic E-state index is 12.1. The third-order valence-electron chi connectivity index (χ3n) is 3.81. The van der Waals surface area contributed by atoms with Crippen LogP contribution in [0.15, 0.2) is 48.5 Å². The van der Waals surface area contributed by atoms with Crippen LogP contribution >= 0.6 is 0 Å². The topological polar surface area (TPSA) is 81.7 Å². The van der Waals surface area contributed by atoms with Crippen molar-refractivity contribution < 1.29 is 23.9 Å². The van der Waals surface area contributed by atoms with Gasteiger partial charge in [0.25, 0.3) is 5.91 Å². The molecule has 1 atom stereocenters. The molecule has 1 N–H and O–H groups in total. The molecule has 0 aliphatic rings. The molecule has 2 aromatic rings. The summed E-state index contributed by atoms with van der Waals surface area (Å²) in [7, 11) is 1.26. The Hall–Kier alpha value is -3.15. The zero-order valence-electron chi connectivity index (χ0n) is 14.9. The van der Waals surface area contributed by atoms with E-state index < -0.39 is 24.5 Å². The van der Waals surface area contributed by atoms with Crippen molar-refractivity contribution in [3.8, 4) is 0 Å². The molecule has 2 rings (SSSR count). The van der Waals surface area contributed by atoms with E-state index in [2.05, 4.69) is 10.1 Å². The van der Waals surface area contributed by atoms with E-state index in [1.54, 1.807) is 6.07 Å². The number of aryl methyl sites for hydroxylation is 1. The van der Waals surface area contributed by atoms with Gasteiger partial charge in [0.1, 0.15) is 0 Å². The first-order valence-electron chi connectivity index (χ1n) is 8.12. The number of esters is 2. The Bertz CT molecular complexity index is 798. The number of methoxy groups -OCH3 is 1. The number of carbonyl (C=O) groups is 3. The number of hydrogen-bond donors (Lipinski definition) is 1. The lowest BCUT2D eigenvalue weighted by Crippen LogP contribution is -2.31. The van der Waals surface area contributed by atoms with Gasteiger partial charge >= 0.3 is 11.9 Å². The Morgan fingerprint density at radius 3 is 2.23 bits per heavy atom. The molecule has 26 heavy (non-hydrogen) atoms. The first kappa shape index (κ1) is 19.2. The van der Waals surface area contributed by atoms with Crippen LogP contribution in [0.2, 0.25) is 0 Å². The summed E-state index contributed by atoms with van der Waals surface area (Å²) in [5.74, 6) is -1.64. The minimum Gasteiger partial charge on any atom is -0.465 e. The average molecular weight is 355 g/mol. The number of rotatable bonds is 6. The van der Waals surface area contributed by atoms with Crippen molar-refractivity contribution in [2.24, 2.45) is 0 Å². The number of benzene rings is 2. The van der Waals surface area contributed by atoms with Crippen LogP contribution in [0.25, 0.3) is 0 Å². The number of carbonyl (C=O) groups excluding carboxylic acids is 3. The number of amides is 1. The van der Waals surface area contributed by atoms with Gasteiger partial charge in [-0.1, -0.05) is 35.9 Å². The Labute approximate surface area is 152 Å². The van der Waals surface area contributed by atoms with Crippen molar-refractivity contribution in [1.82, 2.24) is 5.32 Å². The fourth-order valence-corrected chi connectivity index (χ4v) is 2.33. The lowest BCUT2D eigenvalue weighted by atomic mass is 10.1. The van der Waals surface area contributed by atoms with Crippen LogP contribution in [-0.2, 0) is 14.3 Å². The van der Waals surface area contributed by atoms with Crippen LogP contribution < -0.4 is 5.32 Å². The lowest BCUT2D eigenvalue weighted by Gasteiger charge is -2.14. The van der Waals surface area contributed by atoms with E-state index in [4.69, 9.17) is 4.74 Å². The summed E-state index contributed by atoms with van der Waals surface area (Å²) < 4.78 is 9.62. The molecule has 0 saturated heterocycles. The van der Waals surface area contributed by atoms with Gasteiger partial charge in [-0.2, -0.15) is 0 Å². The highest BCUT2D eigenvalue weighted by Gasteiger charge is 2.15. The van der Waals surface area contributed by atoms with E-state index in [0.717, 1.165) is 11.1 Å². The maximum Gasteiger partial charge on any atom is 0.338 e. The molecular weight excluding hydrogens is 334 g/mol. The molecule has 6 heteroatoms. The van der Waals surface area contributed by atoms with Crippen LogP contribution in [0.3, 0.4) is 0 Å². The molecule has 0 aliphatic carbocycles. The first-order valence-corrected chi connectivity index (χ1v) is 8.12. The fourth-order valence-electron chi connectivity index (χ4n) is 2.33. The van der Waals surface area contributed by atoms with Gasteiger partial charge in [-0.05, 0) is 37.6 Å². The summed E-state index contributed by atoms with van der Waals surface area (Å²) in [5, 5.41) is 2.77.